The Balaban J connectivity index is 2.84. The molecule has 0 aliphatic rings. The van der Waals surface area contributed by atoms with Crippen LogP contribution in [0.4, 0.5) is 5.69 Å². The Bertz CT molecular complexity index is 363. The van der Waals surface area contributed by atoms with Gasteiger partial charge in [-0.05, 0) is 12.1 Å². The van der Waals surface area contributed by atoms with E-state index in [4.69, 9.17) is 11.6 Å². The minimum atomic E-state index is 0.432. The molecule has 0 N–H and O–H groups in total. The zero-order chi connectivity index (χ0) is 11.4. The van der Waals surface area contributed by atoms with Crippen molar-refractivity contribution in [1.82, 2.24) is 9.88 Å². The summed E-state index contributed by atoms with van der Waals surface area (Å²) in [5.41, 5.74) is 0.818. The van der Waals surface area contributed by atoms with Crippen molar-refractivity contribution in [2.75, 3.05) is 19.0 Å². The van der Waals surface area contributed by atoms with Gasteiger partial charge >= 0.3 is 0 Å². The Kier molecular flexibility index (Phi) is 3.68. The van der Waals surface area contributed by atoms with Gasteiger partial charge in [0.2, 0.25) is 6.41 Å². The van der Waals surface area contributed by atoms with E-state index in [2.05, 4.69) is 11.6 Å². The summed E-state index contributed by atoms with van der Waals surface area (Å²) in [6, 6.07) is 3.49. The number of hydrogen-bond donors (Lipinski definition) is 0. The van der Waals surface area contributed by atoms with Gasteiger partial charge in [-0.2, -0.15) is 0 Å². The predicted molar refractivity (Wildman–Crippen MR) is 60.6 cm³/mol. The average molecular weight is 226 g/mol. The largest absolute Gasteiger partial charge is 0.330 e. The van der Waals surface area contributed by atoms with Gasteiger partial charge in [-0.25, -0.2) is 4.98 Å². The lowest BCUT2D eigenvalue weighted by Crippen LogP contribution is -2.28. The summed E-state index contributed by atoms with van der Waals surface area (Å²) in [4.78, 5) is 17.6. The topological polar surface area (TPSA) is 36.4 Å². The van der Waals surface area contributed by atoms with Crippen LogP contribution in [0.1, 0.15) is 0 Å². The van der Waals surface area contributed by atoms with Gasteiger partial charge < -0.3 is 9.80 Å². The molecule has 1 amide bonds. The Morgan fingerprint density at radius 2 is 2.20 bits per heavy atom. The van der Waals surface area contributed by atoms with E-state index in [0.29, 0.717) is 17.4 Å². The normalized spacial score (nSPS) is 9.53. The maximum atomic E-state index is 10.5. The van der Waals surface area contributed by atoms with Crippen molar-refractivity contribution >= 4 is 23.7 Å². The number of hydrogen-bond acceptors (Lipinski definition) is 3. The van der Waals surface area contributed by atoms with Gasteiger partial charge in [-0.15, -0.1) is 0 Å². The van der Waals surface area contributed by atoms with E-state index in [1.165, 1.54) is 4.90 Å². The zero-order valence-corrected chi connectivity index (χ0v) is 9.40. The van der Waals surface area contributed by atoms with Crippen LogP contribution < -0.4 is 4.90 Å². The van der Waals surface area contributed by atoms with Crippen LogP contribution in [0.15, 0.2) is 30.7 Å². The molecule has 5 heteroatoms. The number of nitrogens with zero attached hydrogens (tertiary/aromatic N) is 3. The van der Waals surface area contributed by atoms with Crippen LogP contribution in [0.2, 0.25) is 5.15 Å². The summed E-state index contributed by atoms with van der Waals surface area (Å²) >= 11 is 5.67. The maximum Gasteiger partial charge on any atom is 0.214 e. The fourth-order valence-electron chi connectivity index (χ4n) is 1.01. The standard InChI is InChI=1S/C10H12ClN3O/c1-8(13(2)7-15)14(3)9-4-5-10(11)12-6-9/h4-7H,1H2,2-3H3. The van der Waals surface area contributed by atoms with Crippen LogP contribution in [-0.2, 0) is 4.79 Å². The minimum Gasteiger partial charge on any atom is -0.330 e. The number of pyridine rings is 1. The molecule has 0 aromatic carbocycles. The van der Waals surface area contributed by atoms with Crippen molar-refractivity contribution in [2.24, 2.45) is 0 Å². The number of amides is 1. The van der Waals surface area contributed by atoms with Crippen molar-refractivity contribution in [3.05, 3.63) is 35.9 Å². The van der Waals surface area contributed by atoms with Crippen LogP contribution in [-0.4, -0.2) is 30.4 Å². The van der Waals surface area contributed by atoms with Crippen molar-refractivity contribution in [3.8, 4) is 0 Å². The number of halogens is 1. The van der Waals surface area contributed by atoms with E-state index in [1.54, 1.807) is 37.3 Å². The van der Waals surface area contributed by atoms with Crippen LogP contribution in [0, 0.1) is 0 Å². The van der Waals surface area contributed by atoms with Gasteiger partial charge in [0.25, 0.3) is 0 Å². The molecule has 0 aliphatic heterocycles. The number of rotatable bonds is 4. The summed E-state index contributed by atoms with van der Waals surface area (Å²) in [5, 5.41) is 0.432. The molecule has 0 radical (unpaired) electrons. The molecule has 15 heavy (non-hydrogen) atoms. The van der Waals surface area contributed by atoms with E-state index in [9.17, 15) is 4.79 Å². The molecule has 1 rings (SSSR count). The molecule has 1 heterocycles. The molecule has 0 unspecified atom stereocenters. The van der Waals surface area contributed by atoms with Gasteiger partial charge in [0, 0.05) is 14.1 Å². The van der Waals surface area contributed by atoms with Gasteiger partial charge in [0.1, 0.15) is 11.0 Å². The first-order valence-electron chi connectivity index (χ1n) is 4.28. The Morgan fingerprint density at radius 1 is 1.53 bits per heavy atom. The maximum absolute atomic E-state index is 10.5. The van der Waals surface area contributed by atoms with E-state index in [1.807, 2.05) is 0 Å². The SMILES string of the molecule is C=C(N(C)C=O)N(C)c1ccc(Cl)nc1. The second-order valence-corrected chi connectivity index (χ2v) is 3.42. The fraction of sp³-hybridized carbons (Fsp3) is 0.200. The summed E-state index contributed by atoms with van der Waals surface area (Å²) in [6.07, 6.45) is 2.31. The van der Waals surface area contributed by atoms with Crippen LogP contribution in [0.25, 0.3) is 0 Å². The third-order valence-electron chi connectivity index (χ3n) is 2.05. The molecular weight excluding hydrogens is 214 g/mol. The van der Waals surface area contributed by atoms with Crippen molar-refractivity contribution in [2.45, 2.75) is 0 Å². The molecule has 0 aliphatic carbocycles. The van der Waals surface area contributed by atoms with E-state index in [0.717, 1.165) is 5.69 Å². The Hall–Kier alpha value is -1.55. The Labute approximate surface area is 93.8 Å². The highest BCUT2D eigenvalue weighted by atomic mass is 35.5. The van der Waals surface area contributed by atoms with Crippen LogP contribution in [0.5, 0.6) is 0 Å². The first kappa shape index (κ1) is 11.5. The van der Waals surface area contributed by atoms with Gasteiger partial charge in [-0.1, -0.05) is 18.2 Å². The Morgan fingerprint density at radius 3 is 2.67 bits per heavy atom. The number of carbonyl (C=O) groups is 1. The van der Waals surface area contributed by atoms with E-state index < -0.39 is 0 Å². The van der Waals surface area contributed by atoms with E-state index in [-0.39, 0.29) is 0 Å². The quantitative estimate of drug-likeness (QED) is 0.579. The number of carbonyl (C=O) groups excluding carboxylic acids is 1. The van der Waals surface area contributed by atoms with Crippen LogP contribution >= 0.6 is 11.6 Å². The summed E-state index contributed by atoms with van der Waals surface area (Å²) in [5.74, 6) is 0.564. The molecular formula is C10H12ClN3O. The van der Waals surface area contributed by atoms with E-state index >= 15 is 0 Å². The molecule has 0 bridgehead atoms. The molecule has 0 atom stereocenters. The minimum absolute atomic E-state index is 0.432. The molecule has 4 nitrogen and oxygen atoms in total. The highest BCUT2D eigenvalue weighted by Crippen LogP contribution is 2.17. The molecule has 0 saturated carbocycles. The molecule has 0 saturated heterocycles. The first-order valence-corrected chi connectivity index (χ1v) is 4.66. The monoisotopic (exact) mass is 225 g/mol. The highest BCUT2D eigenvalue weighted by Gasteiger charge is 2.08. The lowest BCUT2D eigenvalue weighted by atomic mass is 10.4. The number of anilines is 1. The third-order valence-corrected chi connectivity index (χ3v) is 2.28. The predicted octanol–water partition coefficient (Wildman–Crippen LogP) is 1.73. The van der Waals surface area contributed by atoms with Crippen molar-refractivity contribution in [1.29, 1.82) is 0 Å². The smallest absolute Gasteiger partial charge is 0.214 e. The zero-order valence-electron chi connectivity index (χ0n) is 8.64. The summed E-state index contributed by atoms with van der Waals surface area (Å²) in [7, 11) is 3.43. The van der Waals surface area contributed by atoms with Gasteiger partial charge in [0.15, 0.2) is 0 Å². The van der Waals surface area contributed by atoms with Gasteiger partial charge in [-0.3, -0.25) is 4.79 Å². The van der Waals surface area contributed by atoms with Crippen molar-refractivity contribution < 1.29 is 4.79 Å². The highest BCUT2D eigenvalue weighted by molar-refractivity contribution is 6.29. The number of aromatic nitrogens is 1. The molecule has 0 fully saturated rings. The van der Waals surface area contributed by atoms with Crippen LogP contribution in [0.3, 0.4) is 0 Å². The van der Waals surface area contributed by atoms with Crippen molar-refractivity contribution in [3.63, 3.8) is 0 Å². The molecule has 1 aromatic rings. The second-order valence-electron chi connectivity index (χ2n) is 3.03. The lowest BCUT2D eigenvalue weighted by molar-refractivity contribution is -0.115. The fourth-order valence-corrected chi connectivity index (χ4v) is 1.12. The summed E-state index contributed by atoms with van der Waals surface area (Å²) < 4.78 is 0. The van der Waals surface area contributed by atoms with Gasteiger partial charge in [0.05, 0.1) is 11.9 Å². The summed E-state index contributed by atoms with van der Waals surface area (Å²) in [6.45, 7) is 3.78. The molecule has 80 valence electrons. The second kappa shape index (κ2) is 4.79. The first-order chi connectivity index (χ1) is 7.06. The molecule has 0 spiro atoms. The lowest BCUT2D eigenvalue weighted by Gasteiger charge is -2.25. The average Bonchev–Trinajstić information content (AvgIpc) is 2.27. The third kappa shape index (κ3) is 2.70. The molecule has 1 aromatic heterocycles.